The lowest BCUT2D eigenvalue weighted by Crippen LogP contribution is -2.22. The van der Waals surface area contributed by atoms with Gasteiger partial charge in [-0.05, 0) is 55.6 Å². The Bertz CT molecular complexity index is 555. The van der Waals surface area contributed by atoms with Crippen LogP contribution < -0.4 is 10.1 Å². The lowest BCUT2D eigenvalue weighted by atomic mass is 10.0. The van der Waals surface area contributed by atoms with Crippen LogP contribution in [0.25, 0.3) is 0 Å². The van der Waals surface area contributed by atoms with E-state index in [1.807, 2.05) is 6.07 Å². The standard InChI is InChI=1S/C17H21NO2/c1-3-18-16(17-12(2)10-11-19-17)13-4-6-14(7-5-13)20-15-8-9-15/h4-7,10-11,15-16,18H,3,8-9H2,1-2H3. The number of aryl methyl sites for hydroxylation is 1. The number of benzene rings is 1. The number of hydrogen-bond acceptors (Lipinski definition) is 3. The zero-order valence-electron chi connectivity index (χ0n) is 12.1. The van der Waals surface area contributed by atoms with Crippen molar-refractivity contribution in [2.75, 3.05) is 6.54 Å². The minimum atomic E-state index is 0.102. The number of hydrogen-bond donors (Lipinski definition) is 1. The molecule has 106 valence electrons. The minimum absolute atomic E-state index is 0.102. The van der Waals surface area contributed by atoms with Crippen LogP contribution in [0, 0.1) is 6.92 Å². The highest BCUT2D eigenvalue weighted by Crippen LogP contribution is 2.30. The highest BCUT2D eigenvalue weighted by molar-refractivity contribution is 5.35. The van der Waals surface area contributed by atoms with E-state index in [-0.39, 0.29) is 6.04 Å². The van der Waals surface area contributed by atoms with Crippen LogP contribution in [-0.2, 0) is 0 Å². The van der Waals surface area contributed by atoms with Crippen LogP contribution in [0.1, 0.15) is 42.7 Å². The van der Waals surface area contributed by atoms with Gasteiger partial charge >= 0.3 is 0 Å². The normalized spacial score (nSPS) is 16.1. The molecule has 1 aliphatic carbocycles. The molecule has 0 radical (unpaired) electrons. The third-order valence-corrected chi connectivity index (χ3v) is 3.61. The third kappa shape index (κ3) is 2.88. The molecule has 0 amide bonds. The summed E-state index contributed by atoms with van der Waals surface area (Å²) in [4.78, 5) is 0. The van der Waals surface area contributed by atoms with Crippen LogP contribution in [0.2, 0.25) is 0 Å². The molecule has 0 spiro atoms. The first-order valence-corrected chi connectivity index (χ1v) is 7.32. The first kappa shape index (κ1) is 13.3. The van der Waals surface area contributed by atoms with Gasteiger partial charge in [-0.1, -0.05) is 19.1 Å². The number of ether oxygens (including phenoxy) is 1. The van der Waals surface area contributed by atoms with Crippen molar-refractivity contribution in [3.8, 4) is 5.75 Å². The largest absolute Gasteiger partial charge is 0.490 e. The quantitative estimate of drug-likeness (QED) is 0.867. The molecule has 1 unspecified atom stereocenters. The zero-order chi connectivity index (χ0) is 13.9. The Hall–Kier alpha value is -1.74. The fraction of sp³-hybridized carbons (Fsp3) is 0.412. The molecule has 1 heterocycles. The molecular formula is C17H21NO2. The second-order valence-electron chi connectivity index (χ2n) is 5.34. The smallest absolute Gasteiger partial charge is 0.128 e. The fourth-order valence-corrected chi connectivity index (χ4v) is 2.36. The summed E-state index contributed by atoms with van der Waals surface area (Å²) in [7, 11) is 0. The molecule has 20 heavy (non-hydrogen) atoms. The van der Waals surface area contributed by atoms with Crippen molar-refractivity contribution in [2.24, 2.45) is 0 Å². The SMILES string of the molecule is CCNC(c1ccc(OC2CC2)cc1)c1occc1C. The summed E-state index contributed by atoms with van der Waals surface area (Å²) < 4.78 is 11.4. The van der Waals surface area contributed by atoms with Gasteiger partial charge in [-0.15, -0.1) is 0 Å². The van der Waals surface area contributed by atoms with E-state index in [2.05, 4.69) is 43.4 Å². The van der Waals surface area contributed by atoms with Crippen molar-refractivity contribution in [3.63, 3.8) is 0 Å². The van der Waals surface area contributed by atoms with Gasteiger partial charge in [0.15, 0.2) is 0 Å². The van der Waals surface area contributed by atoms with E-state index in [4.69, 9.17) is 9.15 Å². The maximum absolute atomic E-state index is 5.79. The van der Waals surface area contributed by atoms with Crippen molar-refractivity contribution in [3.05, 3.63) is 53.5 Å². The fourth-order valence-electron chi connectivity index (χ4n) is 2.36. The van der Waals surface area contributed by atoms with Crippen molar-refractivity contribution >= 4 is 0 Å². The predicted molar refractivity (Wildman–Crippen MR) is 79.1 cm³/mol. The predicted octanol–water partition coefficient (Wildman–Crippen LogP) is 3.83. The Morgan fingerprint density at radius 1 is 1.25 bits per heavy atom. The minimum Gasteiger partial charge on any atom is -0.490 e. The first-order valence-electron chi connectivity index (χ1n) is 7.32. The summed E-state index contributed by atoms with van der Waals surface area (Å²) >= 11 is 0. The van der Waals surface area contributed by atoms with E-state index in [1.54, 1.807) is 6.26 Å². The van der Waals surface area contributed by atoms with Gasteiger partial charge in [-0.3, -0.25) is 0 Å². The molecule has 1 saturated carbocycles. The van der Waals surface area contributed by atoms with Gasteiger partial charge in [0.25, 0.3) is 0 Å². The van der Waals surface area contributed by atoms with Crippen molar-refractivity contribution in [2.45, 2.75) is 38.8 Å². The molecule has 1 atom stereocenters. The Balaban J connectivity index is 1.81. The molecule has 1 aliphatic rings. The van der Waals surface area contributed by atoms with Gasteiger partial charge in [0, 0.05) is 0 Å². The van der Waals surface area contributed by atoms with E-state index < -0.39 is 0 Å². The molecule has 3 heteroatoms. The first-order chi connectivity index (χ1) is 9.78. The summed E-state index contributed by atoms with van der Waals surface area (Å²) in [6.07, 6.45) is 4.57. The molecule has 1 aromatic carbocycles. The van der Waals surface area contributed by atoms with E-state index in [0.717, 1.165) is 18.1 Å². The van der Waals surface area contributed by atoms with E-state index >= 15 is 0 Å². The van der Waals surface area contributed by atoms with E-state index in [1.165, 1.54) is 24.0 Å². The molecule has 2 aromatic rings. The number of furan rings is 1. The molecule has 3 rings (SSSR count). The van der Waals surface area contributed by atoms with Gasteiger partial charge in [0.2, 0.25) is 0 Å². The van der Waals surface area contributed by atoms with Gasteiger partial charge in [-0.2, -0.15) is 0 Å². The molecule has 0 aliphatic heterocycles. The maximum Gasteiger partial charge on any atom is 0.128 e. The Labute approximate surface area is 119 Å². The van der Waals surface area contributed by atoms with Crippen LogP contribution in [0.4, 0.5) is 0 Å². The summed E-state index contributed by atoms with van der Waals surface area (Å²) in [5.41, 5.74) is 2.38. The van der Waals surface area contributed by atoms with Crippen molar-refractivity contribution in [1.29, 1.82) is 0 Å². The highest BCUT2D eigenvalue weighted by atomic mass is 16.5. The molecule has 1 aromatic heterocycles. The lowest BCUT2D eigenvalue weighted by molar-refractivity contribution is 0.303. The average molecular weight is 271 g/mol. The van der Waals surface area contributed by atoms with Gasteiger partial charge in [-0.25, -0.2) is 0 Å². The monoisotopic (exact) mass is 271 g/mol. The van der Waals surface area contributed by atoms with Gasteiger partial charge < -0.3 is 14.5 Å². The molecule has 0 saturated heterocycles. The summed E-state index contributed by atoms with van der Waals surface area (Å²) in [6.45, 7) is 5.08. The molecule has 1 N–H and O–H groups in total. The van der Waals surface area contributed by atoms with Crippen LogP contribution in [-0.4, -0.2) is 12.6 Å². The second-order valence-corrected chi connectivity index (χ2v) is 5.34. The second kappa shape index (κ2) is 5.71. The van der Waals surface area contributed by atoms with E-state index in [9.17, 15) is 0 Å². The summed E-state index contributed by atoms with van der Waals surface area (Å²) in [6, 6.07) is 10.4. The van der Waals surface area contributed by atoms with Crippen LogP contribution >= 0.6 is 0 Å². The van der Waals surface area contributed by atoms with E-state index in [0.29, 0.717) is 6.10 Å². The maximum atomic E-state index is 5.79. The van der Waals surface area contributed by atoms with Crippen molar-refractivity contribution in [1.82, 2.24) is 5.32 Å². The topological polar surface area (TPSA) is 34.4 Å². The number of nitrogens with one attached hydrogen (secondary N) is 1. The van der Waals surface area contributed by atoms with Crippen LogP contribution in [0.3, 0.4) is 0 Å². The van der Waals surface area contributed by atoms with Crippen LogP contribution in [0.15, 0.2) is 41.0 Å². The highest BCUT2D eigenvalue weighted by Gasteiger charge is 2.24. The van der Waals surface area contributed by atoms with Crippen molar-refractivity contribution < 1.29 is 9.15 Å². The van der Waals surface area contributed by atoms with Gasteiger partial charge in [0.05, 0.1) is 18.4 Å². The molecule has 1 fully saturated rings. The Kier molecular flexibility index (Phi) is 3.79. The third-order valence-electron chi connectivity index (χ3n) is 3.61. The van der Waals surface area contributed by atoms with Gasteiger partial charge in [0.1, 0.15) is 11.5 Å². The zero-order valence-corrected chi connectivity index (χ0v) is 12.1. The summed E-state index contributed by atoms with van der Waals surface area (Å²) in [5.74, 6) is 1.95. The average Bonchev–Trinajstić information content (AvgIpc) is 3.17. The molecule has 3 nitrogen and oxygen atoms in total. The Morgan fingerprint density at radius 3 is 2.55 bits per heavy atom. The molecule has 0 bridgehead atoms. The number of rotatable bonds is 6. The summed E-state index contributed by atoms with van der Waals surface area (Å²) in [5, 5.41) is 3.48. The molecular weight excluding hydrogens is 250 g/mol. The Morgan fingerprint density at radius 2 is 2.00 bits per heavy atom. The lowest BCUT2D eigenvalue weighted by Gasteiger charge is -2.17. The van der Waals surface area contributed by atoms with Crippen LogP contribution in [0.5, 0.6) is 5.75 Å².